The van der Waals surface area contributed by atoms with E-state index in [9.17, 15) is 18.0 Å². The lowest BCUT2D eigenvalue weighted by atomic mass is 10.1. The Morgan fingerprint density at radius 1 is 1.42 bits per heavy atom. The van der Waals surface area contributed by atoms with Gasteiger partial charge in [-0.05, 0) is 23.2 Å². The van der Waals surface area contributed by atoms with Crippen molar-refractivity contribution in [2.75, 3.05) is 7.11 Å². The zero-order valence-electron chi connectivity index (χ0n) is 9.68. The standard InChI is InChI=1S/C11H8F3N3O2/c1-19-10(18)9(16-17-15)6-7-4-2-3-5-8(7)11(12,13)14/h2-6H,1H3. The number of carbonyl (C=O) groups excluding carboxylic acids is 1. The summed E-state index contributed by atoms with van der Waals surface area (Å²) in [6.07, 6.45) is -3.75. The monoisotopic (exact) mass is 271 g/mol. The van der Waals surface area contributed by atoms with Gasteiger partial charge in [0, 0.05) is 4.91 Å². The Bertz CT molecular complexity index is 561. The number of hydrogen-bond donors (Lipinski definition) is 0. The number of benzene rings is 1. The molecule has 5 nitrogen and oxygen atoms in total. The second-order valence-electron chi connectivity index (χ2n) is 3.30. The van der Waals surface area contributed by atoms with Crippen molar-refractivity contribution in [3.63, 3.8) is 0 Å². The van der Waals surface area contributed by atoms with Crippen LogP contribution in [-0.2, 0) is 15.7 Å². The molecule has 0 fully saturated rings. The van der Waals surface area contributed by atoms with Gasteiger partial charge >= 0.3 is 12.1 Å². The van der Waals surface area contributed by atoms with E-state index >= 15 is 0 Å². The van der Waals surface area contributed by atoms with E-state index < -0.39 is 23.4 Å². The topological polar surface area (TPSA) is 75.1 Å². The number of hydrogen-bond acceptors (Lipinski definition) is 3. The molecule has 1 aromatic rings. The molecule has 8 heteroatoms. The van der Waals surface area contributed by atoms with Gasteiger partial charge in [0.15, 0.2) is 0 Å². The van der Waals surface area contributed by atoms with Crippen molar-refractivity contribution >= 4 is 12.0 Å². The molecule has 0 saturated heterocycles. The molecule has 1 rings (SSSR count). The highest BCUT2D eigenvalue weighted by Gasteiger charge is 2.32. The summed E-state index contributed by atoms with van der Waals surface area (Å²) in [5.41, 5.74) is 6.49. The van der Waals surface area contributed by atoms with E-state index in [0.717, 1.165) is 25.3 Å². The van der Waals surface area contributed by atoms with Crippen LogP contribution in [0.3, 0.4) is 0 Å². The Balaban J connectivity index is 3.37. The van der Waals surface area contributed by atoms with Crippen molar-refractivity contribution in [3.8, 4) is 0 Å². The van der Waals surface area contributed by atoms with E-state index in [1.54, 1.807) is 0 Å². The molecule has 19 heavy (non-hydrogen) atoms. The molecule has 0 heterocycles. The van der Waals surface area contributed by atoms with Gasteiger partial charge in [0.05, 0.1) is 12.7 Å². The number of carbonyl (C=O) groups is 1. The molecule has 100 valence electrons. The van der Waals surface area contributed by atoms with E-state index in [0.29, 0.717) is 0 Å². The van der Waals surface area contributed by atoms with Crippen LogP contribution in [0.5, 0.6) is 0 Å². The van der Waals surface area contributed by atoms with Crippen molar-refractivity contribution in [2.24, 2.45) is 5.11 Å². The van der Waals surface area contributed by atoms with E-state index in [1.165, 1.54) is 12.1 Å². The third-order valence-corrected chi connectivity index (χ3v) is 2.11. The number of halogens is 3. The van der Waals surface area contributed by atoms with Gasteiger partial charge in [-0.2, -0.15) is 13.2 Å². The SMILES string of the molecule is COC(=O)C(=Cc1ccccc1C(F)(F)F)N=[N+]=[N-]. The van der Waals surface area contributed by atoms with Gasteiger partial charge in [-0.1, -0.05) is 23.3 Å². The van der Waals surface area contributed by atoms with Crippen LogP contribution in [0, 0.1) is 0 Å². The van der Waals surface area contributed by atoms with Crippen LogP contribution in [0.15, 0.2) is 35.1 Å². The van der Waals surface area contributed by atoms with E-state index in [2.05, 4.69) is 14.8 Å². The average molecular weight is 271 g/mol. The number of esters is 1. The summed E-state index contributed by atoms with van der Waals surface area (Å²) in [5, 5.41) is 3.01. The first-order chi connectivity index (χ1) is 8.90. The normalized spacial score (nSPS) is 11.7. The van der Waals surface area contributed by atoms with E-state index in [1.807, 2.05) is 0 Å². The summed E-state index contributed by atoms with van der Waals surface area (Å²) >= 11 is 0. The maximum atomic E-state index is 12.7. The number of azide groups is 1. The molecule has 0 aliphatic carbocycles. The van der Waals surface area contributed by atoms with Crippen LogP contribution in [0.2, 0.25) is 0 Å². The summed E-state index contributed by atoms with van der Waals surface area (Å²) in [5.74, 6) is -1.02. The van der Waals surface area contributed by atoms with Gasteiger partial charge in [0.1, 0.15) is 5.70 Å². The van der Waals surface area contributed by atoms with E-state index in [4.69, 9.17) is 5.53 Å². The molecule has 0 unspecified atom stereocenters. The van der Waals surface area contributed by atoms with Crippen molar-refractivity contribution in [1.82, 2.24) is 0 Å². The second kappa shape index (κ2) is 5.92. The summed E-state index contributed by atoms with van der Waals surface area (Å²) in [4.78, 5) is 13.6. The zero-order valence-corrected chi connectivity index (χ0v) is 9.68. The van der Waals surface area contributed by atoms with E-state index in [-0.39, 0.29) is 5.56 Å². The molecule has 0 spiro atoms. The molecule has 0 amide bonds. The first-order valence-corrected chi connectivity index (χ1v) is 4.91. The molecule has 1 aromatic carbocycles. The van der Waals surface area contributed by atoms with Gasteiger partial charge < -0.3 is 4.74 Å². The van der Waals surface area contributed by atoms with Gasteiger partial charge in [0.2, 0.25) is 0 Å². The number of ether oxygens (including phenoxy) is 1. The first kappa shape index (κ1) is 14.6. The van der Waals surface area contributed by atoms with Crippen molar-refractivity contribution in [2.45, 2.75) is 6.18 Å². The molecule has 0 aliphatic rings. The van der Waals surface area contributed by atoms with Crippen LogP contribution >= 0.6 is 0 Å². The quantitative estimate of drug-likeness (QED) is 0.277. The Morgan fingerprint density at radius 2 is 2.05 bits per heavy atom. The summed E-state index contributed by atoms with van der Waals surface area (Å²) in [6.45, 7) is 0. The Kier molecular flexibility index (Phi) is 4.55. The van der Waals surface area contributed by atoms with Crippen molar-refractivity contribution in [1.29, 1.82) is 0 Å². The van der Waals surface area contributed by atoms with Crippen LogP contribution in [0.25, 0.3) is 16.5 Å². The largest absolute Gasteiger partial charge is 0.466 e. The summed E-state index contributed by atoms with van der Waals surface area (Å²) in [7, 11) is 1.03. The van der Waals surface area contributed by atoms with Crippen molar-refractivity contribution in [3.05, 3.63) is 51.5 Å². The fourth-order valence-corrected chi connectivity index (χ4v) is 1.31. The number of methoxy groups -OCH3 is 1. The molecule has 0 radical (unpaired) electrons. The maximum absolute atomic E-state index is 12.7. The predicted octanol–water partition coefficient (Wildman–Crippen LogP) is 3.53. The minimum atomic E-state index is -4.58. The van der Waals surface area contributed by atoms with Crippen LogP contribution in [0.1, 0.15) is 11.1 Å². The molecule has 0 aromatic heterocycles. The lowest BCUT2D eigenvalue weighted by molar-refractivity contribution is -0.138. The second-order valence-corrected chi connectivity index (χ2v) is 3.30. The van der Waals surface area contributed by atoms with Gasteiger partial charge in [-0.25, -0.2) is 4.79 Å². The molecule has 0 bridgehead atoms. The highest BCUT2D eigenvalue weighted by molar-refractivity contribution is 5.93. The fraction of sp³-hybridized carbons (Fsp3) is 0.182. The molecule has 0 aliphatic heterocycles. The van der Waals surface area contributed by atoms with Crippen LogP contribution in [0.4, 0.5) is 13.2 Å². The number of rotatable bonds is 3. The maximum Gasteiger partial charge on any atom is 0.416 e. The molecule has 0 atom stereocenters. The Morgan fingerprint density at radius 3 is 2.58 bits per heavy atom. The van der Waals surface area contributed by atoms with Gasteiger partial charge in [0.25, 0.3) is 0 Å². The lowest BCUT2D eigenvalue weighted by Crippen LogP contribution is -2.08. The van der Waals surface area contributed by atoms with Gasteiger partial charge in [-0.3, -0.25) is 0 Å². The Labute approximate surface area is 105 Å². The highest BCUT2D eigenvalue weighted by atomic mass is 19.4. The molecule has 0 saturated carbocycles. The number of nitrogens with zero attached hydrogens (tertiary/aromatic N) is 3. The average Bonchev–Trinajstić information content (AvgIpc) is 2.36. The van der Waals surface area contributed by atoms with Crippen LogP contribution < -0.4 is 0 Å². The summed E-state index contributed by atoms with van der Waals surface area (Å²) in [6, 6.07) is 4.59. The van der Waals surface area contributed by atoms with Crippen LogP contribution in [-0.4, -0.2) is 13.1 Å². The number of alkyl halides is 3. The summed E-state index contributed by atoms with van der Waals surface area (Å²) < 4.78 is 42.5. The third-order valence-electron chi connectivity index (χ3n) is 2.11. The van der Waals surface area contributed by atoms with Crippen molar-refractivity contribution < 1.29 is 22.7 Å². The smallest absolute Gasteiger partial charge is 0.416 e. The minimum Gasteiger partial charge on any atom is -0.466 e. The zero-order chi connectivity index (χ0) is 14.5. The lowest BCUT2D eigenvalue weighted by Gasteiger charge is -2.10. The molecular formula is C11H8F3N3O2. The molecule has 0 N–H and O–H groups in total. The minimum absolute atomic E-state index is 0.289. The molecular weight excluding hydrogens is 263 g/mol. The highest BCUT2D eigenvalue weighted by Crippen LogP contribution is 2.32. The fourth-order valence-electron chi connectivity index (χ4n) is 1.31. The predicted molar refractivity (Wildman–Crippen MR) is 60.6 cm³/mol. The first-order valence-electron chi connectivity index (χ1n) is 4.91. The Hall–Kier alpha value is -2.47. The van der Waals surface area contributed by atoms with Gasteiger partial charge in [-0.15, -0.1) is 0 Å². The third kappa shape index (κ3) is 3.75.